The Bertz CT molecular complexity index is 1480. The van der Waals surface area contributed by atoms with Gasteiger partial charge in [-0.3, -0.25) is 14.5 Å². The molecule has 0 radical (unpaired) electrons. The number of fused-ring (bicyclic) bond motifs is 1. The molecule has 1 unspecified atom stereocenters. The van der Waals surface area contributed by atoms with Gasteiger partial charge in [0.25, 0.3) is 5.78 Å². The van der Waals surface area contributed by atoms with E-state index in [9.17, 15) is 14.7 Å². The van der Waals surface area contributed by atoms with Crippen molar-refractivity contribution in [2.24, 2.45) is 0 Å². The first-order valence-corrected chi connectivity index (χ1v) is 12.4. The maximum atomic E-state index is 13.4. The van der Waals surface area contributed by atoms with Crippen molar-refractivity contribution in [2.45, 2.75) is 40.2 Å². The summed E-state index contributed by atoms with van der Waals surface area (Å²) in [6, 6.07) is 18.4. The monoisotopic (exact) mass is 482 g/mol. The second-order valence-corrected chi connectivity index (χ2v) is 10.0. The SMILES string of the molecule is CCc1ccc(/C(O)=C2\C(=O)C(=O)N(c3nc4cc(C)c(C)cc4s3)C2c2cccc(C)c2)cc1. The van der Waals surface area contributed by atoms with Crippen LogP contribution in [-0.2, 0) is 16.0 Å². The summed E-state index contributed by atoms with van der Waals surface area (Å²) in [5.41, 5.74) is 6.50. The van der Waals surface area contributed by atoms with E-state index < -0.39 is 17.7 Å². The van der Waals surface area contributed by atoms with Crippen LogP contribution in [0.5, 0.6) is 0 Å². The number of Topliss-reactive ketones (excluding diaryl/α,β-unsaturated/α-hetero) is 1. The van der Waals surface area contributed by atoms with Crippen molar-refractivity contribution in [3.05, 3.63) is 99.6 Å². The van der Waals surface area contributed by atoms with Gasteiger partial charge in [-0.15, -0.1) is 0 Å². The Morgan fingerprint density at radius 2 is 1.71 bits per heavy atom. The van der Waals surface area contributed by atoms with Crippen LogP contribution in [0.15, 0.2) is 66.2 Å². The predicted molar refractivity (Wildman–Crippen MR) is 141 cm³/mol. The van der Waals surface area contributed by atoms with Crippen LogP contribution in [0.1, 0.15) is 46.3 Å². The van der Waals surface area contributed by atoms with E-state index >= 15 is 0 Å². The van der Waals surface area contributed by atoms with Gasteiger partial charge in [-0.2, -0.15) is 0 Å². The fourth-order valence-electron chi connectivity index (χ4n) is 4.51. The van der Waals surface area contributed by atoms with Gasteiger partial charge in [0.2, 0.25) is 0 Å². The molecule has 35 heavy (non-hydrogen) atoms. The number of rotatable bonds is 4. The quantitative estimate of drug-likeness (QED) is 0.207. The lowest BCUT2D eigenvalue weighted by molar-refractivity contribution is -0.132. The van der Waals surface area contributed by atoms with Crippen LogP contribution in [0.25, 0.3) is 16.0 Å². The zero-order chi connectivity index (χ0) is 24.9. The minimum atomic E-state index is -0.775. The Labute approximate surface area is 208 Å². The number of carbonyl (C=O) groups excluding carboxylic acids is 2. The summed E-state index contributed by atoms with van der Waals surface area (Å²) in [7, 11) is 0. The van der Waals surface area contributed by atoms with E-state index in [0.717, 1.165) is 44.5 Å². The predicted octanol–water partition coefficient (Wildman–Crippen LogP) is 6.41. The van der Waals surface area contributed by atoms with E-state index in [1.807, 2.05) is 63.2 Å². The van der Waals surface area contributed by atoms with Crippen molar-refractivity contribution in [3.63, 3.8) is 0 Å². The molecule has 1 N–H and O–H groups in total. The molecule has 4 aromatic rings. The number of ketones is 1. The van der Waals surface area contributed by atoms with Crippen LogP contribution in [0.3, 0.4) is 0 Å². The molecule has 0 aliphatic carbocycles. The van der Waals surface area contributed by atoms with Crippen molar-refractivity contribution in [3.8, 4) is 0 Å². The highest BCUT2D eigenvalue weighted by atomic mass is 32.1. The molecule has 1 fully saturated rings. The smallest absolute Gasteiger partial charge is 0.301 e. The molecular weight excluding hydrogens is 456 g/mol. The normalized spacial score (nSPS) is 17.5. The van der Waals surface area contributed by atoms with E-state index in [-0.39, 0.29) is 11.3 Å². The molecule has 6 heteroatoms. The van der Waals surface area contributed by atoms with E-state index in [0.29, 0.717) is 10.7 Å². The second kappa shape index (κ2) is 8.78. The van der Waals surface area contributed by atoms with Gasteiger partial charge in [-0.1, -0.05) is 72.4 Å². The molecule has 5 nitrogen and oxygen atoms in total. The standard InChI is InChI=1S/C29H26N2O3S/c1-5-19-9-11-20(12-10-19)26(32)24-25(21-8-6-7-16(2)13-21)31(28(34)27(24)33)29-30-22-14-17(3)18(4)15-23(22)35-29/h6-15,25,32H,5H2,1-4H3/b26-24+. The third-order valence-corrected chi connectivity index (χ3v) is 7.65. The second-order valence-electron chi connectivity index (χ2n) is 9.03. The molecule has 0 saturated carbocycles. The number of anilines is 1. The molecular formula is C29H26N2O3S. The fourth-order valence-corrected chi connectivity index (χ4v) is 5.58. The molecule has 1 atom stereocenters. The van der Waals surface area contributed by atoms with Crippen LogP contribution in [0, 0.1) is 20.8 Å². The number of aliphatic hydroxyl groups is 1. The first kappa shape index (κ1) is 23.0. The number of nitrogens with zero attached hydrogens (tertiary/aromatic N) is 2. The molecule has 1 aliphatic heterocycles. The molecule has 5 rings (SSSR count). The number of aromatic nitrogens is 1. The van der Waals surface area contributed by atoms with E-state index in [4.69, 9.17) is 4.98 Å². The van der Waals surface area contributed by atoms with Crippen molar-refractivity contribution < 1.29 is 14.7 Å². The average Bonchev–Trinajstić information content (AvgIpc) is 3.36. The van der Waals surface area contributed by atoms with Gasteiger partial charge < -0.3 is 5.11 Å². The summed E-state index contributed by atoms with van der Waals surface area (Å²) >= 11 is 1.38. The Morgan fingerprint density at radius 1 is 1.00 bits per heavy atom. The van der Waals surface area contributed by atoms with E-state index in [1.165, 1.54) is 16.2 Å². The Morgan fingerprint density at radius 3 is 2.40 bits per heavy atom. The number of thiazole rings is 1. The number of amides is 1. The summed E-state index contributed by atoms with van der Waals surface area (Å²) in [5.74, 6) is -1.57. The summed E-state index contributed by atoms with van der Waals surface area (Å²) in [4.78, 5) is 33.0. The summed E-state index contributed by atoms with van der Waals surface area (Å²) in [6.45, 7) is 8.08. The maximum Gasteiger partial charge on any atom is 0.301 e. The van der Waals surface area contributed by atoms with Crippen LogP contribution < -0.4 is 4.90 Å². The number of hydrogen-bond donors (Lipinski definition) is 1. The maximum absolute atomic E-state index is 13.4. The zero-order valence-electron chi connectivity index (χ0n) is 20.1. The lowest BCUT2D eigenvalue weighted by Gasteiger charge is -2.23. The minimum Gasteiger partial charge on any atom is -0.507 e. The van der Waals surface area contributed by atoms with Gasteiger partial charge in [0.05, 0.1) is 21.8 Å². The van der Waals surface area contributed by atoms with Crippen molar-refractivity contribution in [2.75, 3.05) is 4.90 Å². The number of aliphatic hydroxyl groups excluding tert-OH is 1. The molecule has 1 aliphatic rings. The Kier molecular flexibility index (Phi) is 5.77. The highest BCUT2D eigenvalue weighted by Crippen LogP contribution is 2.44. The molecule has 176 valence electrons. The summed E-state index contributed by atoms with van der Waals surface area (Å²) < 4.78 is 0.947. The van der Waals surface area contributed by atoms with Crippen molar-refractivity contribution >= 4 is 44.1 Å². The number of aryl methyl sites for hydroxylation is 4. The van der Waals surface area contributed by atoms with Crippen LogP contribution in [0.4, 0.5) is 5.13 Å². The summed E-state index contributed by atoms with van der Waals surface area (Å²) in [6.07, 6.45) is 0.866. The van der Waals surface area contributed by atoms with Gasteiger partial charge in [-0.05, 0) is 61.6 Å². The first-order valence-electron chi connectivity index (χ1n) is 11.6. The topological polar surface area (TPSA) is 70.5 Å². The molecule has 3 aromatic carbocycles. The van der Waals surface area contributed by atoms with E-state index in [2.05, 4.69) is 13.0 Å². The molecule has 0 bridgehead atoms. The van der Waals surface area contributed by atoms with Gasteiger partial charge in [-0.25, -0.2) is 4.98 Å². The lowest BCUT2D eigenvalue weighted by atomic mass is 9.94. The minimum absolute atomic E-state index is 0.0801. The Balaban J connectivity index is 1.72. The lowest BCUT2D eigenvalue weighted by Crippen LogP contribution is -2.29. The highest BCUT2D eigenvalue weighted by Gasteiger charge is 2.48. The molecule has 1 saturated heterocycles. The number of hydrogen-bond acceptors (Lipinski definition) is 5. The number of benzene rings is 3. The third kappa shape index (κ3) is 3.94. The van der Waals surface area contributed by atoms with Crippen LogP contribution in [0.2, 0.25) is 0 Å². The molecule has 0 spiro atoms. The van der Waals surface area contributed by atoms with Crippen molar-refractivity contribution in [1.82, 2.24) is 4.98 Å². The van der Waals surface area contributed by atoms with Gasteiger partial charge in [0.15, 0.2) is 5.13 Å². The van der Waals surface area contributed by atoms with Crippen LogP contribution >= 0.6 is 11.3 Å². The van der Waals surface area contributed by atoms with Gasteiger partial charge in [0.1, 0.15) is 5.76 Å². The van der Waals surface area contributed by atoms with E-state index in [1.54, 1.807) is 12.1 Å². The molecule has 2 heterocycles. The zero-order valence-corrected chi connectivity index (χ0v) is 20.9. The Hall–Kier alpha value is -3.77. The highest BCUT2D eigenvalue weighted by molar-refractivity contribution is 7.22. The van der Waals surface area contributed by atoms with Gasteiger partial charge in [0, 0.05) is 5.56 Å². The summed E-state index contributed by atoms with van der Waals surface area (Å²) in [5, 5.41) is 11.8. The van der Waals surface area contributed by atoms with Gasteiger partial charge >= 0.3 is 5.91 Å². The molecule has 1 amide bonds. The third-order valence-electron chi connectivity index (χ3n) is 6.64. The first-order chi connectivity index (χ1) is 16.8. The number of carbonyl (C=O) groups is 2. The fraction of sp³-hybridized carbons (Fsp3) is 0.207. The average molecular weight is 483 g/mol. The molecule has 1 aromatic heterocycles. The largest absolute Gasteiger partial charge is 0.507 e. The van der Waals surface area contributed by atoms with Crippen LogP contribution in [-0.4, -0.2) is 21.8 Å². The van der Waals surface area contributed by atoms with Crippen molar-refractivity contribution in [1.29, 1.82) is 0 Å².